The van der Waals surface area contributed by atoms with Gasteiger partial charge in [-0.2, -0.15) is 0 Å². The van der Waals surface area contributed by atoms with E-state index in [0.717, 1.165) is 25.7 Å². The summed E-state index contributed by atoms with van der Waals surface area (Å²) in [5.74, 6) is -0.355. The number of carbonyl (C=O) groups is 1. The summed E-state index contributed by atoms with van der Waals surface area (Å²) in [5, 5.41) is 2.97. The zero-order valence-corrected chi connectivity index (χ0v) is 14.1. The van der Waals surface area contributed by atoms with Gasteiger partial charge in [0.1, 0.15) is 11.6 Å². The lowest BCUT2D eigenvalue weighted by molar-refractivity contribution is -0.144. The van der Waals surface area contributed by atoms with Gasteiger partial charge in [0.2, 0.25) is 0 Å². The van der Waals surface area contributed by atoms with Crippen LogP contribution in [0.2, 0.25) is 5.02 Å². The van der Waals surface area contributed by atoms with E-state index in [2.05, 4.69) is 5.32 Å². The molecule has 1 atom stereocenters. The normalized spacial score (nSPS) is 23.0. The van der Waals surface area contributed by atoms with Crippen LogP contribution in [0.5, 0.6) is 5.75 Å². The van der Waals surface area contributed by atoms with Crippen LogP contribution >= 0.6 is 11.6 Å². The van der Waals surface area contributed by atoms with Gasteiger partial charge in [-0.3, -0.25) is 4.79 Å². The number of amides is 1. The third-order valence-electron chi connectivity index (χ3n) is 4.52. The Morgan fingerprint density at radius 3 is 2.92 bits per heavy atom. The maximum absolute atomic E-state index is 13.1. The first kappa shape index (κ1) is 17.5. The molecule has 1 aromatic carbocycles. The van der Waals surface area contributed by atoms with Crippen LogP contribution in [0.25, 0.3) is 0 Å². The van der Waals surface area contributed by atoms with E-state index in [1.54, 1.807) is 0 Å². The summed E-state index contributed by atoms with van der Waals surface area (Å²) in [6.45, 7) is 1.92. The SMILES string of the molecule is O=C(COc1ccc(F)c(Cl)c1)N[C@H]1CCOC2(CCOCC2)C1. The van der Waals surface area contributed by atoms with Crippen LogP contribution < -0.4 is 10.1 Å². The molecule has 132 valence electrons. The molecule has 0 bridgehead atoms. The Kier molecular flexibility index (Phi) is 5.58. The summed E-state index contributed by atoms with van der Waals surface area (Å²) in [7, 11) is 0. The standard InChI is InChI=1S/C17H21ClFNO4/c18-14-9-13(1-2-15(14)19)23-11-16(21)20-12-3-6-24-17(10-12)4-7-22-8-5-17/h1-2,9,12H,3-8,10-11H2,(H,20,21)/t12-/m0/s1. The zero-order chi connectivity index (χ0) is 17.0. The van der Waals surface area contributed by atoms with E-state index in [-0.39, 0.29) is 29.2 Å². The number of benzene rings is 1. The lowest BCUT2D eigenvalue weighted by Crippen LogP contribution is -2.51. The molecule has 2 heterocycles. The summed E-state index contributed by atoms with van der Waals surface area (Å²) < 4.78 is 29.8. The van der Waals surface area contributed by atoms with E-state index >= 15 is 0 Å². The molecule has 2 fully saturated rings. The molecule has 2 aliphatic rings. The highest BCUT2D eigenvalue weighted by Gasteiger charge is 2.39. The second kappa shape index (κ2) is 7.68. The molecule has 0 aromatic heterocycles. The van der Waals surface area contributed by atoms with Gasteiger partial charge in [-0.1, -0.05) is 11.6 Å². The lowest BCUT2D eigenvalue weighted by atomic mass is 9.84. The van der Waals surface area contributed by atoms with Crippen LogP contribution in [-0.2, 0) is 14.3 Å². The second-order valence-corrected chi connectivity index (χ2v) is 6.67. The number of rotatable bonds is 4. The van der Waals surface area contributed by atoms with E-state index in [9.17, 15) is 9.18 Å². The van der Waals surface area contributed by atoms with Crippen LogP contribution in [0.15, 0.2) is 18.2 Å². The number of halogens is 2. The summed E-state index contributed by atoms with van der Waals surface area (Å²) in [6.07, 6.45) is 3.31. The first-order valence-corrected chi connectivity index (χ1v) is 8.53. The molecule has 1 aromatic rings. The maximum atomic E-state index is 13.1. The zero-order valence-electron chi connectivity index (χ0n) is 13.4. The molecule has 3 rings (SSSR count). The van der Waals surface area contributed by atoms with Gasteiger partial charge in [0, 0.05) is 31.9 Å². The van der Waals surface area contributed by atoms with Crippen LogP contribution in [0, 0.1) is 5.82 Å². The monoisotopic (exact) mass is 357 g/mol. The molecule has 0 saturated carbocycles. The van der Waals surface area contributed by atoms with Crippen molar-refractivity contribution in [2.75, 3.05) is 26.4 Å². The summed E-state index contributed by atoms with van der Waals surface area (Å²) in [6, 6.07) is 4.09. The molecule has 1 amide bonds. The molecule has 24 heavy (non-hydrogen) atoms. The summed E-state index contributed by atoms with van der Waals surface area (Å²) in [5.41, 5.74) is -0.167. The van der Waals surface area contributed by atoms with E-state index in [0.29, 0.717) is 25.6 Å². The summed E-state index contributed by atoms with van der Waals surface area (Å²) in [4.78, 5) is 12.1. The minimum Gasteiger partial charge on any atom is -0.484 e. The average Bonchev–Trinajstić information content (AvgIpc) is 2.57. The van der Waals surface area contributed by atoms with Crippen molar-refractivity contribution in [1.82, 2.24) is 5.32 Å². The lowest BCUT2D eigenvalue weighted by Gasteiger charge is -2.43. The Bertz CT molecular complexity index is 586. The Balaban J connectivity index is 1.48. The molecule has 1 N–H and O–H groups in total. The third kappa shape index (κ3) is 4.37. The van der Waals surface area contributed by atoms with Crippen molar-refractivity contribution in [2.24, 2.45) is 0 Å². The summed E-state index contributed by atoms with van der Waals surface area (Å²) >= 11 is 5.69. The van der Waals surface area contributed by atoms with Gasteiger partial charge >= 0.3 is 0 Å². The largest absolute Gasteiger partial charge is 0.484 e. The van der Waals surface area contributed by atoms with Crippen LogP contribution in [-0.4, -0.2) is 44.0 Å². The molecular formula is C17H21ClFNO4. The van der Waals surface area contributed by atoms with Gasteiger partial charge in [0.25, 0.3) is 5.91 Å². The Hall–Kier alpha value is -1.37. The second-order valence-electron chi connectivity index (χ2n) is 6.27. The minimum absolute atomic E-state index is 0.0289. The Morgan fingerprint density at radius 2 is 2.17 bits per heavy atom. The molecule has 2 saturated heterocycles. The third-order valence-corrected chi connectivity index (χ3v) is 4.81. The fourth-order valence-electron chi connectivity index (χ4n) is 3.23. The molecular weight excluding hydrogens is 337 g/mol. The first-order chi connectivity index (χ1) is 11.6. The van der Waals surface area contributed by atoms with Gasteiger partial charge in [-0.05, 0) is 37.8 Å². The molecule has 1 spiro atoms. The van der Waals surface area contributed by atoms with Gasteiger partial charge < -0.3 is 19.5 Å². The topological polar surface area (TPSA) is 56.8 Å². The van der Waals surface area contributed by atoms with Crippen molar-refractivity contribution in [3.8, 4) is 5.75 Å². The number of hydrogen-bond acceptors (Lipinski definition) is 4. The van der Waals surface area contributed by atoms with Crippen molar-refractivity contribution in [2.45, 2.75) is 37.3 Å². The molecule has 2 aliphatic heterocycles. The van der Waals surface area contributed by atoms with Crippen molar-refractivity contribution in [3.05, 3.63) is 29.0 Å². The number of nitrogens with one attached hydrogen (secondary N) is 1. The van der Waals surface area contributed by atoms with Crippen LogP contribution in [0.3, 0.4) is 0 Å². The maximum Gasteiger partial charge on any atom is 0.258 e. The van der Waals surface area contributed by atoms with Crippen molar-refractivity contribution < 1.29 is 23.4 Å². The van der Waals surface area contributed by atoms with Crippen molar-refractivity contribution >= 4 is 17.5 Å². The molecule has 7 heteroatoms. The van der Waals surface area contributed by atoms with Crippen LogP contribution in [0.4, 0.5) is 4.39 Å². The van der Waals surface area contributed by atoms with Crippen LogP contribution in [0.1, 0.15) is 25.7 Å². The molecule has 0 aliphatic carbocycles. The smallest absolute Gasteiger partial charge is 0.258 e. The quantitative estimate of drug-likeness (QED) is 0.900. The van der Waals surface area contributed by atoms with Crippen molar-refractivity contribution in [1.29, 1.82) is 0 Å². The highest BCUT2D eigenvalue weighted by Crippen LogP contribution is 2.34. The number of carbonyl (C=O) groups excluding carboxylic acids is 1. The van der Waals surface area contributed by atoms with Gasteiger partial charge in [0.15, 0.2) is 6.61 Å². The first-order valence-electron chi connectivity index (χ1n) is 8.15. The fraction of sp³-hybridized carbons (Fsp3) is 0.588. The Morgan fingerprint density at radius 1 is 1.38 bits per heavy atom. The number of hydrogen-bond donors (Lipinski definition) is 1. The number of ether oxygens (including phenoxy) is 3. The Labute approximate surface area is 145 Å². The van der Waals surface area contributed by atoms with Crippen molar-refractivity contribution in [3.63, 3.8) is 0 Å². The average molecular weight is 358 g/mol. The molecule has 0 radical (unpaired) electrons. The predicted molar refractivity (Wildman–Crippen MR) is 86.8 cm³/mol. The van der Waals surface area contributed by atoms with E-state index in [4.69, 9.17) is 25.8 Å². The van der Waals surface area contributed by atoms with Gasteiger partial charge in [-0.25, -0.2) is 4.39 Å². The highest BCUT2D eigenvalue weighted by atomic mass is 35.5. The predicted octanol–water partition coefficient (Wildman–Crippen LogP) is 2.70. The van der Waals surface area contributed by atoms with E-state index in [1.165, 1.54) is 18.2 Å². The van der Waals surface area contributed by atoms with Gasteiger partial charge in [-0.15, -0.1) is 0 Å². The minimum atomic E-state index is -0.516. The highest BCUT2D eigenvalue weighted by molar-refractivity contribution is 6.30. The van der Waals surface area contributed by atoms with E-state index < -0.39 is 5.82 Å². The fourth-order valence-corrected chi connectivity index (χ4v) is 3.40. The molecule has 5 nitrogen and oxygen atoms in total. The van der Waals surface area contributed by atoms with Gasteiger partial charge in [0.05, 0.1) is 10.6 Å². The van der Waals surface area contributed by atoms with E-state index in [1.807, 2.05) is 0 Å². The molecule has 0 unspecified atom stereocenters.